The van der Waals surface area contributed by atoms with E-state index in [4.69, 9.17) is 4.42 Å². The number of aryl methyl sites for hydroxylation is 2. The first kappa shape index (κ1) is 20.2. The van der Waals surface area contributed by atoms with Gasteiger partial charge >= 0.3 is 5.97 Å². The molecule has 1 N–H and O–H groups in total. The predicted molar refractivity (Wildman–Crippen MR) is 105 cm³/mol. The first-order valence-corrected chi connectivity index (χ1v) is 9.84. The highest BCUT2D eigenvalue weighted by Gasteiger charge is 2.44. The molecule has 0 amide bonds. The fourth-order valence-corrected chi connectivity index (χ4v) is 4.46. The van der Waals surface area contributed by atoms with Crippen LogP contribution in [-0.2, 0) is 4.79 Å². The molecule has 3 aromatic rings. The largest absolute Gasteiger partial charge is 0.481 e. The number of carbonyl (C=O) groups excluding carboxylic acids is 1. The summed E-state index contributed by atoms with van der Waals surface area (Å²) < 4.78 is 34.1. The van der Waals surface area contributed by atoms with Crippen molar-refractivity contribution in [2.45, 2.75) is 39.0 Å². The van der Waals surface area contributed by atoms with E-state index in [-0.39, 0.29) is 23.4 Å². The molecule has 0 spiro atoms. The number of fused-ring (bicyclic) bond motifs is 1. The van der Waals surface area contributed by atoms with Crippen LogP contribution in [0.3, 0.4) is 0 Å². The number of aliphatic carboxylic acids is 1. The van der Waals surface area contributed by atoms with Crippen molar-refractivity contribution in [3.05, 3.63) is 64.5 Å². The summed E-state index contributed by atoms with van der Waals surface area (Å²) >= 11 is 0. The molecule has 1 aliphatic rings. The number of halogens is 2. The van der Waals surface area contributed by atoms with Crippen molar-refractivity contribution in [2.75, 3.05) is 0 Å². The van der Waals surface area contributed by atoms with Crippen LogP contribution in [0.5, 0.6) is 0 Å². The smallest absolute Gasteiger partial charge is 0.307 e. The van der Waals surface area contributed by atoms with E-state index in [0.29, 0.717) is 23.9 Å². The lowest BCUT2D eigenvalue weighted by molar-refractivity contribution is -0.143. The highest BCUT2D eigenvalue weighted by Crippen LogP contribution is 2.46. The van der Waals surface area contributed by atoms with Crippen molar-refractivity contribution in [3.8, 4) is 0 Å². The SMILES string of the molecule is Cc1ccc2nc(C(=O)CC3CCC(c4ccc(C)c(F)c4F)C3C(=O)O)oc2c1. The van der Waals surface area contributed by atoms with Gasteiger partial charge in [0.05, 0.1) is 5.92 Å². The molecule has 0 saturated heterocycles. The van der Waals surface area contributed by atoms with Crippen LogP contribution in [0.25, 0.3) is 11.1 Å². The van der Waals surface area contributed by atoms with E-state index in [9.17, 15) is 23.5 Å². The van der Waals surface area contributed by atoms with Crippen molar-refractivity contribution in [1.29, 1.82) is 0 Å². The quantitative estimate of drug-likeness (QED) is 0.582. The molecular weight excluding hydrogens is 392 g/mol. The lowest BCUT2D eigenvalue weighted by atomic mass is 9.82. The lowest BCUT2D eigenvalue weighted by Crippen LogP contribution is -2.26. The summed E-state index contributed by atoms with van der Waals surface area (Å²) in [4.78, 5) is 28.9. The topological polar surface area (TPSA) is 80.4 Å². The van der Waals surface area contributed by atoms with Gasteiger partial charge in [-0.2, -0.15) is 0 Å². The molecule has 0 bridgehead atoms. The summed E-state index contributed by atoms with van der Waals surface area (Å²) in [5.74, 6) is -5.74. The number of carboxylic acids is 1. The van der Waals surface area contributed by atoms with E-state index < -0.39 is 41.1 Å². The second kappa shape index (κ2) is 7.63. The molecule has 2 aromatic carbocycles. The molecule has 0 radical (unpaired) electrons. The van der Waals surface area contributed by atoms with E-state index in [0.717, 1.165) is 5.56 Å². The number of nitrogens with zero attached hydrogens (tertiary/aromatic N) is 1. The number of oxazole rings is 1. The first-order valence-electron chi connectivity index (χ1n) is 9.84. The van der Waals surface area contributed by atoms with Gasteiger partial charge in [0.25, 0.3) is 5.89 Å². The van der Waals surface area contributed by atoms with Crippen molar-refractivity contribution >= 4 is 22.9 Å². The molecule has 7 heteroatoms. The summed E-state index contributed by atoms with van der Waals surface area (Å²) in [7, 11) is 0. The predicted octanol–water partition coefficient (Wildman–Crippen LogP) is 5.19. The summed E-state index contributed by atoms with van der Waals surface area (Å²) in [6.07, 6.45) is 0.706. The van der Waals surface area contributed by atoms with Gasteiger partial charge in [0, 0.05) is 12.3 Å². The number of benzene rings is 2. The molecule has 4 rings (SSSR count). The van der Waals surface area contributed by atoms with Gasteiger partial charge in [-0.05, 0) is 61.4 Å². The number of carboxylic acid groups (broad SMARTS) is 1. The molecule has 3 atom stereocenters. The number of ketones is 1. The Labute approximate surface area is 171 Å². The van der Waals surface area contributed by atoms with Crippen LogP contribution in [0.1, 0.15) is 52.6 Å². The number of aromatic nitrogens is 1. The van der Waals surface area contributed by atoms with E-state index in [1.54, 1.807) is 12.1 Å². The number of Topliss-reactive ketones (excluding diaryl/α,β-unsaturated/α-hetero) is 1. The maximum atomic E-state index is 14.5. The van der Waals surface area contributed by atoms with Gasteiger partial charge in [0.1, 0.15) is 5.52 Å². The minimum Gasteiger partial charge on any atom is -0.481 e. The van der Waals surface area contributed by atoms with Crippen LogP contribution >= 0.6 is 0 Å². The average Bonchev–Trinajstić information content (AvgIpc) is 3.30. The number of hydrogen-bond donors (Lipinski definition) is 1. The third-order valence-corrected chi connectivity index (χ3v) is 6.01. The third kappa shape index (κ3) is 3.49. The Balaban J connectivity index is 1.59. The molecule has 1 fully saturated rings. The molecule has 5 nitrogen and oxygen atoms in total. The summed E-state index contributed by atoms with van der Waals surface area (Å²) in [6.45, 7) is 3.35. The fourth-order valence-electron chi connectivity index (χ4n) is 4.46. The summed E-state index contributed by atoms with van der Waals surface area (Å²) in [5, 5.41) is 9.79. The zero-order chi connectivity index (χ0) is 21.6. The molecule has 1 saturated carbocycles. The highest BCUT2D eigenvalue weighted by molar-refractivity contribution is 5.94. The number of rotatable bonds is 5. The minimum absolute atomic E-state index is 0.0535. The summed E-state index contributed by atoms with van der Waals surface area (Å²) in [6, 6.07) is 8.29. The Hall–Kier alpha value is -3.09. The minimum atomic E-state index is -1.12. The number of hydrogen-bond acceptors (Lipinski definition) is 4. The van der Waals surface area contributed by atoms with Crippen molar-refractivity contribution < 1.29 is 27.9 Å². The fraction of sp³-hybridized carbons (Fsp3) is 0.348. The molecular formula is C23H21F2NO4. The Morgan fingerprint density at radius 2 is 1.90 bits per heavy atom. The maximum absolute atomic E-state index is 14.5. The van der Waals surface area contributed by atoms with Gasteiger partial charge in [-0.25, -0.2) is 13.8 Å². The molecule has 0 aliphatic heterocycles. The maximum Gasteiger partial charge on any atom is 0.307 e. The zero-order valence-electron chi connectivity index (χ0n) is 16.6. The van der Waals surface area contributed by atoms with Gasteiger partial charge in [-0.1, -0.05) is 18.2 Å². The Bertz CT molecular complexity index is 1150. The standard InChI is InChI=1S/C23H21F2NO4/c1-11-3-8-16-18(9-11)30-22(26-16)17(27)10-13-5-7-14(19(13)23(28)29)15-6-4-12(2)20(24)21(15)25/h3-4,6,8-9,13-14,19H,5,7,10H2,1-2H3,(H,28,29). The second-order valence-corrected chi connectivity index (χ2v) is 8.03. The van der Waals surface area contributed by atoms with E-state index >= 15 is 0 Å². The molecule has 1 aliphatic carbocycles. The van der Waals surface area contributed by atoms with Crippen molar-refractivity contribution in [2.24, 2.45) is 11.8 Å². The Morgan fingerprint density at radius 1 is 1.13 bits per heavy atom. The molecule has 3 unspecified atom stereocenters. The van der Waals surface area contributed by atoms with Crippen LogP contribution in [0.15, 0.2) is 34.7 Å². The molecule has 1 aromatic heterocycles. The zero-order valence-corrected chi connectivity index (χ0v) is 16.6. The third-order valence-electron chi connectivity index (χ3n) is 6.01. The van der Waals surface area contributed by atoms with Crippen LogP contribution in [0, 0.1) is 37.3 Å². The Morgan fingerprint density at radius 3 is 2.63 bits per heavy atom. The first-order chi connectivity index (χ1) is 14.3. The lowest BCUT2D eigenvalue weighted by Gasteiger charge is -2.21. The monoisotopic (exact) mass is 413 g/mol. The van der Waals surface area contributed by atoms with Crippen molar-refractivity contribution in [1.82, 2.24) is 4.98 Å². The van der Waals surface area contributed by atoms with E-state index in [1.807, 2.05) is 13.0 Å². The summed E-state index contributed by atoms with van der Waals surface area (Å²) in [5.41, 5.74) is 2.24. The highest BCUT2D eigenvalue weighted by atomic mass is 19.2. The van der Waals surface area contributed by atoms with E-state index in [2.05, 4.69) is 4.98 Å². The molecule has 156 valence electrons. The van der Waals surface area contributed by atoms with E-state index in [1.165, 1.54) is 19.1 Å². The van der Waals surface area contributed by atoms with Crippen LogP contribution in [0.2, 0.25) is 0 Å². The Kier molecular flexibility index (Phi) is 5.13. The van der Waals surface area contributed by atoms with Gasteiger partial charge in [-0.15, -0.1) is 0 Å². The second-order valence-electron chi connectivity index (χ2n) is 8.03. The van der Waals surface area contributed by atoms with Crippen LogP contribution in [0.4, 0.5) is 8.78 Å². The van der Waals surface area contributed by atoms with Crippen LogP contribution < -0.4 is 0 Å². The average molecular weight is 413 g/mol. The van der Waals surface area contributed by atoms with Crippen LogP contribution in [-0.4, -0.2) is 21.8 Å². The number of carbonyl (C=O) groups is 2. The van der Waals surface area contributed by atoms with Gasteiger partial charge < -0.3 is 9.52 Å². The van der Waals surface area contributed by atoms with Crippen molar-refractivity contribution in [3.63, 3.8) is 0 Å². The van der Waals surface area contributed by atoms with Gasteiger partial charge in [0.15, 0.2) is 17.2 Å². The van der Waals surface area contributed by atoms with Gasteiger partial charge in [0.2, 0.25) is 5.78 Å². The molecule has 30 heavy (non-hydrogen) atoms. The normalized spacial score (nSPS) is 21.3. The van der Waals surface area contributed by atoms with Gasteiger partial charge in [-0.3, -0.25) is 9.59 Å². The molecule has 1 heterocycles.